The Morgan fingerprint density at radius 1 is 1.17 bits per heavy atom. The molecule has 132 valence electrons. The summed E-state index contributed by atoms with van der Waals surface area (Å²) < 4.78 is 0. The van der Waals surface area contributed by atoms with Crippen LogP contribution in [0.1, 0.15) is 26.7 Å². The first-order valence-corrected chi connectivity index (χ1v) is 7.75. The van der Waals surface area contributed by atoms with Crippen LogP contribution < -0.4 is 22.1 Å². The summed E-state index contributed by atoms with van der Waals surface area (Å²) in [6.07, 6.45) is 0.205. The van der Waals surface area contributed by atoms with Crippen LogP contribution in [0.4, 0.5) is 0 Å². The van der Waals surface area contributed by atoms with Crippen molar-refractivity contribution < 1.29 is 24.3 Å². The largest absolute Gasteiger partial charge is 0.480 e. The molecule has 0 spiro atoms. The molecule has 7 N–H and O–H groups in total. The van der Waals surface area contributed by atoms with Crippen LogP contribution in [0.2, 0.25) is 0 Å². The van der Waals surface area contributed by atoms with Crippen LogP contribution >= 0.6 is 12.6 Å². The van der Waals surface area contributed by atoms with Gasteiger partial charge in [0, 0.05) is 5.75 Å². The van der Waals surface area contributed by atoms with E-state index in [-0.39, 0.29) is 18.1 Å². The summed E-state index contributed by atoms with van der Waals surface area (Å²) in [4.78, 5) is 45.9. The lowest BCUT2D eigenvalue weighted by Gasteiger charge is -2.26. The molecule has 9 nitrogen and oxygen atoms in total. The van der Waals surface area contributed by atoms with Gasteiger partial charge in [0.25, 0.3) is 0 Å². The first-order valence-electron chi connectivity index (χ1n) is 7.12. The maximum absolute atomic E-state index is 12.2. The van der Waals surface area contributed by atoms with Crippen LogP contribution in [-0.4, -0.2) is 52.7 Å². The minimum atomic E-state index is -1.23. The highest BCUT2D eigenvalue weighted by atomic mass is 32.1. The number of aliphatic carboxylic acids is 1. The van der Waals surface area contributed by atoms with Gasteiger partial charge in [-0.15, -0.1) is 0 Å². The van der Waals surface area contributed by atoms with Crippen molar-refractivity contribution in [2.45, 2.75) is 44.8 Å². The van der Waals surface area contributed by atoms with Crippen molar-refractivity contribution in [2.75, 3.05) is 5.75 Å². The van der Waals surface area contributed by atoms with Gasteiger partial charge in [-0.05, 0) is 5.92 Å². The van der Waals surface area contributed by atoms with Crippen molar-refractivity contribution in [1.29, 1.82) is 0 Å². The molecule has 0 rings (SSSR count). The van der Waals surface area contributed by atoms with Gasteiger partial charge < -0.3 is 27.2 Å². The van der Waals surface area contributed by atoms with Crippen molar-refractivity contribution in [3.05, 3.63) is 0 Å². The fourth-order valence-electron chi connectivity index (χ4n) is 1.72. The van der Waals surface area contributed by atoms with E-state index in [0.717, 1.165) is 0 Å². The van der Waals surface area contributed by atoms with E-state index in [4.69, 9.17) is 16.6 Å². The molecule has 0 aliphatic heterocycles. The first kappa shape index (κ1) is 21.2. The molecule has 0 aromatic heterocycles. The number of nitrogens with one attached hydrogen (secondary N) is 2. The summed E-state index contributed by atoms with van der Waals surface area (Å²) in [6, 6.07) is -3.33. The molecule has 0 aliphatic carbocycles. The Kier molecular flexibility index (Phi) is 9.27. The third-order valence-electron chi connectivity index (χ3n) is 3.35. The standard InChI is InChI=1S/C13H24N4O5S/c1-3-6(2)10(12(20)16-8(5-23)13(21)22)17-11(19)7(14)4-9(15)18/h6-8,10,23H,3-5,14H2,1-2H3,(H2,15,18)(H,16,20)(H,17,19)(H,21,22). The van der Waals surface area contributed by atoms with Crippen LogP contribution in [0.15, 0.2) is 0 Å². The zero-order chi connectivity index (χ0) is 18.2. The van der Waals surface area contributed by atoms with Crippen molar-refractivity contribution in [3.8, 4) is 0 Å². The van der Waals surface area contributed by atoms with Crippen molar-refractivity contribution in [3.63, 3.8) is 0 Å². The third kappa shape index (κ3) is 7.33. The number of carboxylic acid groups (broad SMARTS) is 1. The van der Waals surface area contributed by atoms with Crippen molar-refractivity contribution >= 4 is 36.3 Å². The molecule has 0 heterocycles. The lowest BCUT2D eigenvalue weighted by molar-refractivity contribution is -0.141. The third-order valence-corrected chi connectivity index (χ3v) is 3.71. The summed E-state index contributed by atoms with van der Waals surface area (Å²) in [5, 5.41) is 13.7. The van der Waals surface area contributed by atoms with E-state index in [0.29, 0.717) is 6.42 Å². The Morgan fingerprint density at radius 3 is 2.13 bits per heavy atom. The average Bonchev–Trinajstić information content (AvgIpc) is 2.47. The quantitative estimate of drug-likeness (QED) is 0.255. The van der Waals surface area contributed by atoms with Crippen molar-refractivity contribution in [1.82, 2.24) is 10.6 Å². The highest BCUT2D eigenvalue weighted by molar-refractivity contribution is 7.80. The van der Waals surface area contributed by atoms with Gasteiger partial charge in [-0.25, -0.2) is 4.79 Å². The van der Waals surface area contributed by atoms with Gasteiger partial charge in [-0.2, -0.15) is 12.6 Å². The summed E-state index contributed by atoms with van der Waals surface area (Å²) in [5.41, 5.74) is 10.5. The number of carboxylic acids is 1. The molecule has 0 aliphatic rings. The van der Waals surface area contributed by atoms with E-state index in [1.807, 2.05) is 6.92 Å². The number of rotatable bonds is 10. The number of carbonyl (C=O) groups excluding carboxylic acids is 3. The smallest absolute Gasteiger partial charge is 0.327 e. The maximum atomic E-state index is 12.2. The lowest BCUT2D eigenvalue weighted by Crippen LogP contribution is -2.57. The molecule has 4 atom stereocenters. The minimum Gasteiger partial charge on any atom is -0.480 e. The van der Waals surface area contributed by atoms with Gasteiger partial charge in [0.2, 0.25) is 17.7 Å². The van der Waals surface area contributed by atoms with Crippen LogP contribution in [0, 0.1) is 5.92 Å². The van der Waals surface area contributed by atoms with Crippen LogP contribution in [0.5, 0.6) is 0 Å². The second-order valence-corrected chi connectivity index (χ2v) is 5.60. The molecule has 3 amide bonds. The van der Waals surface area contributed by atoms with E-state index in [1.165, 1.54) is 0 Å². The SMILES string of the molecule is CCC(C)C(NC(=O)C(N)CC(N)=O)C(=O)NC(CS)C(=O)O. The van der Waals surface area contributed by atoms with E-state index >= 15 is 0 Å². The van der Waals surface area contributed by atoms with Gasteiger partial charge in [-0.3, -0.25) is 14.4 Å². The molecule has 0 aromatic carbocycles. The molecular formula is C13H24N4O5S. The van der Waals surface area contributed by atoms with Gasteiger partial charge in [-0.1, -0.05) is 20.3 Å². The monoisotopic (exact) mass is 348 g/mol. The van der Waals surface area contributed by atoms with Gasteiger partial charge >= 0.3 is 5.97 Å². The molecule has 0 saturated heterocycles. The summed E-state index contributed by atoms with van der Waals surface area (Å²) in [5.74, 6) is -3.69. The number of hydrogen-bond donors (Lipinski definition) is 6. The Hall–Kier alpha value is -1.81. The fraction of sp³-hybridized carbons (Fsp3) is 0.692. The summed E-state index contributed by atoms with van der Waals surface area (Å²) >= 11 is 3.86. The normalized spacial score (nSPS) is 15.8. The Labute approximate surface area is 139 Å². The van der Waals surface area contributed by atoms with Gasteiger partial charge in [0.1, 0.15) is 12.1 Å². The molecule has 0 radical (unpaired) electrons. The van der Waals surface area contributed by atoms with E-state index in [9.17, 15) is 19.2 Å². The molecule has 10 heteroatoms. The lowest BCUT2D eigenvalue weighted by atomic mass is 9.97. The summed E-state index contributed by atoms with van der Waals surface area (Å²) in [7, 11) is 0. The number of hydrogen-bond acceptors (Lipinski definition) is 6. The second kappa shape index (κ2) is 10.1. The van der Waals surface area contributed by atoms with E-state index in [1.54, 1.807) is 6.92 Å². The molecule has 0 saturated carbocycles. The highest BCUT2D eigenvalue weighted by Gasteiger charge is 2.30. The number of thiol groups is 1. The predicted molar refractivity (Wildman–Crippen MR) is 86.6 cm³/mol. The number of amides is 3. The molecule has 0 aromatic rings. The minimum absolute atomic E-state index is 0.0938. The maximum Gasteiger partial charge on any atom is 0.327 e. The van der Waals surface area contributed by atoms with Crippen LogP contribution in [0.3, 0.4) is 0 Å². The zero-order valence-electron chi connectivity index (χ0n) is 13.1. The second-order valence-electron chi connectivity index (χ2n) is 5.23. The average molecular weight is 348 g/mol. The Morgan fingerprint density at radius 2 is 1.74 bits per heavy atom. The Bertz CT molecular complexity index is 460. The number of primary amides is 1. The molecule has 23 heavy (non-hydrogen) atoms. The van der Waals surface area contributed by atoms with E-state index in [2.05, 4.69) is 23.3 Å². The summed E-state index contributed by atoms with van der Waals surface area (Å²) in [6.45, 7) is 3.54. The highest BCUT2D eigenvalue weighted by Crippen LogP contribution is 2.09. The van der Waals surface area contributed by atoms with Gasteiger partial charge in [0.05, 0.1) is 12.5 Å². The van der Waals surface area contributed by atoms with E-state index < -0.39 is 41.8 Å². The topological polar surface area (TPSA) is 165 Å². The zero-order valence-corrected chi connectivity index (χ0v) is 14.0. The molecular weight excluding hydrogens is 324 g/mol. The van der Waals surface area contributed by atoms with Crippen LogP contribution in [0.25, 0.3) is 0 Å². The molecule has 0 fully saturated rings. The van der Waals surface area contributed by atoms with Crippen molar-refractivity contribution in [2.24, 2.45) is 17.4 Å². The fourth-order valence-corrected chi connectivity index (χ4v) is 1.97. The first-order chi connectivity index (χ1) is 10.6. The number of carbonyl (C=O) groups is 4. The molecule has 4 unspecified atom stereocenters. The van der Waals surface area contributed by atoms with Crippen LogP contribution in [-0.2, 0) is 19.2 Å². The molecule has 0 bridgehead atoms. The Balaban J connectivity index is 5.00. The predicted octanol–water partition coefficient (Wildman–Crippen LogP) is -1.78. The number of nitrogens with two attached hydrogens (primary N) is 2. The van der Waals surface area contributed by atoms with Gasteiger partial charge in [0.15, 0.2) is 0 Å².